The Kier molecular flexibility index (Phi) is 5.61. The molecule has 0 spiro atoms. The highest BCUT2D eigenvalue weighted by Gasteiger charge is 2.27. The summed E-state index contributed by atoms with van der Waals surface area (Å²) in [6.45, 7) is 2.85. The van der Waals surface area contributed by atoms with E-state index in [2.05, 4.69) is 10.3 Å². The zero-order valence-electron chi connectivity index (χ0n) is 14.3. The summed E-state index contributed by atoms with van der Waals surface area (Å²) in [6.07, 6.45) is 1.70. The smallest absolute Gasteiger partial charge is 0.254 e. The second-order valence-corrected chi connectivity index (χ2v) is 7.22. The number of benzene rings is 1. The molecule has 26 heavy (non-hydrogen) atoms. The van der Waals surface area contributed by atoms with E-state index in [1.165, 1.54) is 18.3 Å². The molecule has 1 saturated heterocycles. The highest BCUT2D eigenvalue weighted by atomic mass is 32.1. The van der Waals surface area contributed by atoms with Crippen LogP contribution in [0.25, 0.3) is 0 Å². The molecule has 1 aromatic heterocycles. The third-order valence-corrected chi connectivity index (χ3v) is 5.31. The van der Waals surface area contributed by atoms with E-state index in [0.29, 0.717) is 19.6 Å². The molecule has 0 unspecified atom stereocenters. The van der Waals surface area contributed by atoms with Crippen LogP contribution in [0, 0.1) is 11.6 Å². The van der Waals surface area contributed by atoms with Gasteiger partial charge in [-0.25, -0.2) is 13.8 Å². The van der Waals surface area contributed by atoms with E-state index >= 15 is 0 Å². The number of piperidine rings is 1. The van der Waals surface area contributed by atoms with Gasteiger partial charge in [0.2, 0.25) is 5.91 Å². The highest BCUT2D eigenvalue weighted by Crippen LogP contribution is 2.30. The van der Waals surface area contributed by atoms with E-state index in [1.54, 1.807) is 4.90 Å². The summed E-state index contributed by atoms with van der Waals surface area (Å²) < 4.78 is 26.8. The maximum Gasteiger partial charge on any atom is 0.254 e. The quantitative estimate of drug-likeness (QED) is 0.888. The van der Waals surface area contributed by atoms with E-state index in [1.807, 2.05) is 5.38 Å². The van der Waals surface area contributed by atoms with Gasteiger partial charge in [0, 0.05) is 42.9 Å². The normalized spacial score (nSPS) is 17.2. The van der Waals surface area contributed by atoms with E-state index in [4.69, 9.17) is 0 Å². The molecular formula is C18H19F2N3O2S. The molecule has 2 amide bonds. The zero-order valence-corrected chi connectivity index (χ0v) is 15.1. The van der Waals surface area contributed by atoms with Crippen LogP contribution in [0.2, 0.25) is 0 Å². The van der Waals surface area contributed by atoms with Crippen molar-refractivity contribution in [3.8, 4) is 0 Å². The van der Waals surface area contributed by atoms with Crippen molar-refractivity contribution >= 4 is 23.2 Å². The predicted molar refractivity (Wildman–Crippen MR) is 93.9 cm³/mol. The Morgan fingerprint density at radius 3 is 2.73 bits per heavy atom. The number of likely N-dealkylation sites (tertiary alicyclic amines) is 1. The molecular weight excluding hydrogens is 360 g/mol. The number of halogens is 2. The molecule has 0 radical (unpaired) electrons. The lowest BCUT2D eigenvalue weighted by molar-refractivity contribution is -0.119. The van der Waals surface area contributed by atoms with Crippen molar-refractivity contribution in [1.82, 2.24) is 15.2 Å². The third kappa shape index (κ3) is 4.43. The fraction of sp³-hybridized carbons (Fsp3) is 0.389. The number of hydrogen-bond donors (Lipinski definition) is 1. The Bertz CT molecular complexity index is 804. The average molecular weight is 379 g/mol. The summed E-state index contributed by atoms with van der Waals surface area (Å²) in [5.41, 5.74) is 0.810. The molecule has 8 heteroatoms. The van der Waals surface area contributed by atoms with Crippen molar-refractivity contribution in [3.63, 3.8) is 0 Å². The number of nitrogens with one attached hydrogen (secondary N) is 1. The Balaban J connectivity index is 1.69. The number of carbonyl (C=O) groups excluding carboxylic acids is 2. The molecule has 1 aliphatic heterocycles. The van der Waals surface area contributed by atoms with Gasteiger partial charge < -0.3 is 10.2 Å². The minimum Gasteiger partial charge on any atom is -0.351 e. The first-order valence-corrected chi connectivity index (χ1v) is 9.24. The minimum absolute atomic E-state index is 0.0219. The van der Waals surface area contributed by atoms with E-state index in [9.17, 15) is 18.4 Å². The predicted octanol–water partition coefficient (Wildman–Crippen LogP) is 3.08. The molecule has 0 saturated carbocycles. The van der Waals surface area contributed by atoms with Crippen molar-refractivity contribution in [2.24, 2.45) is 0 Å². The van der Waals surface area contributed by atoms with Gasteiger partial charge in [-0.15, -0.1) is 11.3 Å². The standard InChI is InChI=1S/C18H19F2N3O2S/c1-11(24)21-8-16-10-26-17(22-16)12-3-2-4-23(9-12)18(25)13-5-14(19)7-15(20)6-13/h5-7,10,12H,2-4,8-9H2,1H3,(H,21,24)/t12-/m1/s1. The van der Waals surface area contributed by atoms with Gasteiger partial charge in [-0.05, 0) is 25.0 Å². The minimum atomic E-state index is -0.760. The molecule has 1 fully saturated rings. The van der Waals surface area contributed by atoms with E-state index in [0.717, 1.165) is 41.7 Å². The monoisotopic (exact) mass is 379 g/mol. The van der Waals surface area contributed by atoms with Crippen LogP contribution in [0.15, 0.2) is 23.6 Å². The van der Waals surface area contributed by atoms with Crippen LogP contribution in [0.4, 0.5) is 8.78 Å². The molecule has 2 heterocycles. The van der Waals surface area contributed by atoms with Crippen LogP contribution in [0.5, 0.6) is 0 Å². The number of nitrogens with zero attached hydrogens (tertiary/aromatic N) is 2. The summed E-state index contributed by atoms with van der Waals surface area (Å²) in [5.74, 6) is -1.92. The summed E-state index contributed by atoms with van der Waals surface area (Å²) in [4.78, 5) is 29.8. The van der Waals surface area contributed by atoms with Gasteiger partial charge in [-0.1, -0.05) is 0 Å². The first kappa shape index (κ1) is 18.4. The van der Waals surface area contributed by atoms with Crippen LogP contribution < -0.4 is 5.32 Å². The van der Waals surface area contributed by atoms with Crippen LogP contribution in [0.3, 0.4) is 0 Å². The maximum atomic E-state index is 13.4. The molecule has 3 rings (SSSR count). The lowest BCUT2D eigenvalue weighted by Crippen LogP contribution is -2.39. The Morgan fingerprint density at radius 2 is 2.04 bits per heavy atom. The second-order valence-electron chi connectivity index (χ2n) is 6.34. The molecule has 0 aliphatic carbocycles. The fourth-order valence-corrected chi connectivity index (χ4v) is 3.98. The average Bonchev–Trinajstić information content (AvgIpc) is 3.07. The van der Waals surface area contributed by atoms with Gasteiger partial charge in [0.15, 0.2) is 0 Å². The summed E-state index contributed by atoms with van der Waals surface area (Å²) >= 11 is 1.50. The molecule has 2 aromatic rings. The van der Waals surface area contributed by atoms with Crippen LogP contribution >= 0.6 is 11.3 Å². The molecule has 1 aliphatic rings. The topological polar surface area (TPSA) is 62.3 Å². The van der Waals surface area contributed by atoms with Gasteiger partial charge >= 0.3 is 0 Å². The van der Waals surface area contributed by atoms with E-state index < -0.39 is 11.6 Å². The van der Waals surface area contributed by atoms with E-state index in [-0.39, 0.29) is 23.3 Å². The molecule has 1 N–H and O–H groups in total. The van der Waals surface area contributed by atoms with Crippen LogP contribution in [0.1, 0.15) is 46.7 Å². The lowest BCUT2D eigenvalue weighted by atomic mass is 9.98. The summed E-state index contributed by atoms with van der Waals surface area (Å²) in [5, 5.41) is 5.51. The fourth-order valence-electron chi connectivity index (χ4n) is 3.03. The largest absolute Gasteiger partial charge is 0.351 e. The SMILES string of the molecule is CC(=O)NCc1csc([C@@H]2CCCN(C(=O)c3cc(F)cc(F)c3)C2)n1. The van der Waals surface area contributed by atoms with Crippen LogP contribution in [-0.4, -0.2) is 34.8 Å². The molecule has 0 bridgehead atoms. The van der Waals surface area contributed by atoms with Crippen LogP contribution in [-0.2, 0) is 11.3 Å². The van der Waals surface area contributed by atoms with Crippen molar-refractivity contribution in [2.75, 3.05) is 13.1 Å². The summed E-state index contributed by atoms with van der Waals surface area (Å²) in [7, 11) is 0. The van der Waals surface area contributed by atoms with Gasteiger partial charge in [0.25, 0.3) is 5.91 Å². The third-order valence-electron chi connectivity index (χ3n) is 4.26. The number of hydrogen-bond acceptors (Lipinski definition) is 4. The number of aromatic nitrogens is 1. The zero-order chi connectivity index (χ0) is 18.7. The second kappa shape index (κ2) is 7.90. The van der Waals surface area contributed by atoms with Gasteiger partial charge in [0.1, 0.15) is 11.6 Å². The maximum absolute atomic E-state index is 13.4. The van der Waals surface area contributed by atoms with Gasteiger partial charge in [-0.3, -0.25) is 9.59 Å². The number of rotatable bonds is 4. The number of amides is 2. The van der Waals surface area contributed by atoms with Gasteiger partial charge in [-0.2, -0.15) is 0 Å². The van der Waals surface area contributed by atoms with Gasteiger partial charge in [0.05, 0.1) is 17.2 Å². The number of thiazole rings is 1. The Hall–Kier alpha value is -2.35. The first-order chi connectivity index (χ1) is 12.4. The van der Waals surface area contributed by atoms with Crippen molar-refractivity contribution < 1.29 is 18.4 Å². The summed E-state index contributed by atoms with van der Waals surface area (Å²) in [6, 6.07) is 2.87. The molecule has 5 nitrogen and oxygen atoms in total. The lowest BCUT2D eigenvalue weighted by Gasteiger charge is -2.32. The number of carbonyl (C=O) groups is 2. The first-order valence-electron chi connectivity index (χ1n) is 8.36. The van der Waals surface area contributed by atoms with Crippen molar-refractivity contribution in [3.05, 3.63) is 51.5 Å². The highest BCUT2D eigenvalue weighted by molar-refractivity contribution is 7.09. The molecule has 138 valence electrons. The Morgan fingerprint density at radius 1 is 1.31 bits per heavy atom. The molecule has 1 atom stereocenters. The van der Waals surface area contributed by atoms with Crippen molar-refractivity contribution in [2.45, 2.75) is 32.2 Å². The van der Waals surface area contributed by atoms with Crippen molar-refractivity contribution in [1.29, 1.82) is 0 Å². The molecule has 1 aromatic carbocycles. The Labute approximate surface area is 154 Å².